The van der Waals surface area contributed by atoms with Gasteiger partial charge in [-0.3, -0.25) is 4.68 Å². The molecule has 142 valence electrons. The van der Waals surface area contributed by atoms with E-state index in [0.29, 0.717) is 11.3 Å². The second kappa shape index (κ2) is 6.70. The lowest BCUT2D eigenvalue weighted by atomic mass is 10.2. The van der Waals surface area contributed by atoms with Gasteiger partial charge >= 0.3 is 6.18 Å². The summed E-state index contributed by atoms with van der Waals surface area (Å²) in [5, 5.41) is 3.62. The predicted octanol–water partition coefficient (Wildman–Crippen LogP) is 3.37. The maximum Gasteiger partial charge on any atom is 0.435 e. The second-order valence-corrected chi connectivity index (χ2v) is 8.35. The van der Waals surface area contributed by atoms with Gasteiger partial charge in [-0.15, -0.1) is 0 Å². The Balaban J connectivity index is 1.72. The summed E-state index contributed by atoms with van der Waals surface area (Å²) < 4.78 is 67.2. The molecule has 0 unspecified atom stereocenters. The number of hydrogen-bond donors (Lipinski definition) is 1. The fourth-order valence-electron chi connectivity index (χ4n) is 2.92. The van der Waals surface area contributed by atoms with Crippen LogP contribution in [-0.2, 0) is 22.7 Å². The molecule has 0 radical (unpaired) electrons. The Morgan fingerprint density at radius 3 is 2.50 bits per heavy atom. The van der Waals surface area contributed by atoms with Crippen molar-refractivity contribution in [1.29, 1.82) is 0 Å². The number of rotatable bonds is 6. The van der Waals surface area contributed by atoms with E-state index >= 15 is 0 Å². The van der Waals surface area contributed by atoms with E-state index in [-0.39, 0.29) is 23.9 Å². The van der Waals surface area contributed by atoms with Crippen LogP contribution in [0.25, 0.3) is 0 Å². The zero-order valence-electron chi connectivity index (χ0n) is 14.5. The fraction of sp³-hybridized carbons (Fsp3) is 0.471. The molecule has 0 saturated heterocycles. The van der Waals surface area contributed by atoms with Crippen molar-refractivity contribution in [3.8, 4) is 0 Å². The first-order valence-corrected chi connectivity index (χ1v) is 9.78. The average molecular weight is 387 g/mol. The topological polar surface area (TPSA) is 64.0 Å². The van der Waals surface area contributed by atoms with Crippen LogP contribution >= 0.6 is 0 Å². The number of halogens is 3. The molecular formula is C17H20F3N3O2S. The molecular weight excluding hydrogens is 367 g/mol. The molecule has 1 fully saturated rings. The summed E-state index contributed by atoms with van der Waals surface area (Å²) in [5.41, 5.74) is 1.15. The third-order valence-corrected chi connectivity index (χ3v) is 5.95. The number of aryl methyl sites for hydroxylation is 2. The van der Waals surface area contributed by atoms with Crippen LogP contribution in [0.2, 0.25) is 0 Å². The smallest absolute Gasteiger partial charge is 0.267 e. The molecule has 0 atom stereocenters. The van der Waals surface area contributed by atoms with Crippen molar-refractivity contribution in [2.75, 3.05) is 6.54 Å². The molecule has 0 aliphatic heterocycles. The number of hydrogen-bond acceptors (Lipinski definition) is 3. The summed E-state index contributed by atoms with van der Waals surface area (Å²) in [6.07, 6.45) is -2.85. The van der Waals surface area contributed by atoms with Crippen molar-refractivity contribution in [1.82, 2.24) is 14.5 Å². The molecule has 26 heavy (non-hydrogen) atoms. The zero-order valence-corrected chi connectivity index (χ0v) is 15.3. The second-order valence-electron chi connectivity index (χ2n) is 6.62. The van der Waals surface area contributed by atoms with Crippen LogP contribution in [0.15, 0.2) is 29.2 Å². The maximum atomic E-state index is 12.9. The summed E-state index contributed by atoms with van der Waals surface area (Å²) in [6.45, 7) is 3.59. The summed E-state index contributed by atoms with van der Waals surface area (Å²) in [4.78, 5) is 0.168. The van der Waals surface area contributed by atoms with Gasteiger partial charge in [-0.25, -0.2) is 13.1 Å². The molecule has 1 heterocycles. The minimum Gasteiger partial charge on any atom is -0.267 e. The van der Waals surface area contributed by atoms with E-state index in [9.17, 15) is 21.6 Å². The molecule has 1 aromatic heterocycles. The van der Waals surface area contributed by atoms with Crippen LogP contribution in [0, 0.1) is 13.8 Å². The Hall–Kier alpha value is -1.87. The van der Waals surface area contributed by atoms with Crippen molar-refractivity contribution in [3.63, 3.8) is 0 Å². The first-order valence-electron chi connectivity index (χ1n) is 8.30. The van der Waals surface area contributed by atoms with Crippen LogP contribution < -0.4 is 4.72 Å². The van der Waals surface area contributed by atoms with Gasteiger partial charge in [0, 0.05) is 18.2 Å². The van der Waals surface area contributed by atoms with Crippen molar-refractivity contribution in [2.24, 2.45) is 0 Å². The molecule has 2 aromatic rings. The van der Waals surface area contributed by atoms with Gasteiger partial charge in [0.25, 0.3) is 0 Å². The highest BCUT2D eigenvalue weighted by Crippen LogP contribution is 2.42. The van der Waals surface area contributed by atoms with Gasteiger partial charge in [0.1, 0.15) is 0 Å². The molecule has 1 aromatic carbocycles. The van der Waals surface area contributed by atoms with E-state index in [1.807, 2.05) is 6.92 Å². The van der Waals surface area contributed by atoms with Gasteiger partial charge in [0.2, 0.25) is 10.0 Å². The third-order valence-electron chi connectivity index (χ3n) is 4.33. The third kappa shape index (κ3) is 4.09. The average Bonchev–Trinajstić information content (AvgIpc) is 3.26. The predicted molar refractivity (Wildman–Crippen MR) is 90.3 cm³/mol. The summed E-state index contributed by atoms with van der Waals surface area (Å²) in [6, 6.07) is 6.06. The Bertz CT molecular complexity index is 916. The van der Waals surface area contributed by atoms with Crippen molar-refractivity contribution < 1.29 is 21.6 Å². The van der Waals surface area contributed by atoms with Crippen LogP contribution in [0.5, 0.6) is 0 Å². The van der Waals surface area contributed by atoms with E-state index in [1.165, 1.54) is 10.7 Å². The van der Waals surface area contributed by atoms with Gasteiger partial charge in [-0.2, -0.15) is 18.3 Å². The molecule has 0 spiro atoms. The van der Waals surface area contributed by atoms with Crippen molar-refractivity contribution in [2.45, 2.75) is 50.2 Å². The SMILES string of the molecule is Cc1ccc(S(=O)(=O)NCCn2nc(C(F)(F)F)cc2C2CC2)c(C)c1. The Morgan fingerprint density at radius 2 is 1.92 bits per heavy atom. The monoisotopic (exact) mass is 387 g/mol. The fourth-order valence-corrected chi connectivity index (χ4v) is 4.17. The molecule has 1 N–H and O–H groups in total. The molecule has 9 heteroatoms. The van der Waals surface area contributed by atoms with E-state index in [4.69, 9.17) is 0 Å². The largest absolute Gasteiger partial charge is 0.435 e. The van der Waals surface area contributed by atoms with Crippen LogP contribution in [-0.4, -0.2) is 24.7 Å². The lowest BCUT2D eigenvalue weighted by Gasteiger charge is -2.11. The number of benzene rings is 1. The first kappa shape index (κ1) is 18.9. The maximum absolute atomic E-state index is 12.9. The van der Waals surface area contributed by atoms with Crippen LogP contribution in [0.3, 0.4) is 0 Å². The highest BCUT2D eigenvalue weighted by molar-refractivity contribution is 7.89. The molecule has 1 saturated carbocycles. The lowest BCUT2D eigenvalue weighted by molar-refractivity contribution is -0.141. The highest BCUT2D eigenvalue weighted by atomic mass is 32.2. The quantitative estimate of drug-likeness (QED) is 0.827. The van der Waals surface area contributed by atoms with E-state index < -0.39 is 21.9 Å². The highest BCUT2D eigenvalue weighted by Gasteiger charge is 2.37. The van der Waals surface area contributed by atoms with Gasteiger partial charge in [-0.05, 0) is 44.4 Å². The number of alkyl halides is 3. The summed E-state index contributed by atoms with van der Waals surface area (Å²) >= 11 is 0. The normalized spacial score (nSPS) is 15.4. The summed E-state index contributed by atoms with van der Waals surface area (Å²) in [7, 11) is -3.73. The molecule has 1 aliphatic rings. The first-order chi connectivity index (χ1) is 12.1. The van der Waals surface area contributed by atoms with Gasteiger partial charge in [0.05, 0.1) is 11.4 Å². The van der Waals surface area contributed by atoms with Gasteiger partial charge in [0.15, 0.2) is 5.69 Å². The summed E-state index contributed by atoms with van der Waals surface area (Å²) in [5.74, 6) is 0.0783. The van der Waals surface area contributed by atoms with Crippen LogP contribution in [0.1, 0.15) is 41.3 Å². The number of sulfonamides is 1. The number of nitrogens with zero attached hydrogens (tertiary/aromatic N) is 2. The van der Waals surface area contributed by atoms with Crippen LogP contribution in [0.4, 0.5) is 13.2 Å². The standard InChI is InChI=1S/C17H20F3N3O2S/c1-11-3-6-15(12(2)9-11)26(24,25)21-7-8-23-14(13-4-5-13)10-16(22-23)17(18,19)20/h3,6,9-10,13,21H,4-5,7-8H2,1-2H3. The zero-order chi connectivity index (χ0) is 19.1. The van der Waals surface area contributed by atoms with E-state index in [0.717, 1.165) is 24.5 Å². The Morgan fingerprint density at radius 1 is 1.23 bits per heavy atom. The number of aromatic nitrogens is 2. The van der Waals surface area contributed by atoms with Crippen molar-refractivity contribution in [3.05, 3.63) is 46.8 Å². The minimum atomic E-state index is -4.51. The Labute approximate surface area is 150 Å². The Kier molecular flexibility index (Phi) is 4.87. The molecule has 0 bridgehead atoms. The van der Waals surface area contributed by atoms with Gasteiger partial charge < -0.3 is 0 Å². The number of nitrogens with one attached hydrogen (secondary N) is 1. The van der Waals surface area contributed by atoms with E-state index in [1.54, 1.807) is 19.1 Å². The molecule has 1 aliphatic carbocycles. The molecule has 5 nitrogen and oxygen atoms in total. The molecule has 0 amide bonds. The van der Waals surface area contributed by atoms with Gasteiger partial charge in [-0.1, -0.05) is 17.7 Å². The molecule has 3 rings (SSSR count). The van der Waals surface area contributed by atoms with E-state index in [2.05, 4.69) is 9.82 Å². The van der Waals surface area contributed by atoms with Crippen molar-refractivity contribution >= 4 is 10.0 Å². The lowest BCUT2D eigenvalue weighted by Crippen LogP contribution is -2.28. The minimum absolute atomic E-state index is 0.0334.